The van der Waals surface area contributed by atoms with Crippen LogP contribution >= 0.6 is 0 Å². The Hall–Kier alpha value is -1.50. The molecule has 0 saturated carbocycles. The number of nitrogens with one attached hydrogen (secondary N) is 2. The van der Waals surface area contributed by atoms with Gasteiger partial charge in [-0.15, -0.1) is 0 Å². The predicted octanol–water partition coefficient (Wildman–Crippen LogP) is 1.50. The molecule has 0 bridgehead atoms. The van der Waals surface area contributed by atoms with E-state index in [1.165, 1.54) is 0 Å². The van der Waals surface area contributed by atoms with Gasteiger partial charge >= 0.3 is 0 Å². The SMILES string of the molecule is O=C(NCC1CCOCC1)c1cc(C(F)F)[nH]n1. The summed E-state index contributed by atoms with van der Waals surface area (Å²) in [4.78, 5) is 11.7. The van der Waals surface area contributed by atoms with E-state index in [0.29, 0.717) is 25.7 Å². The molecule has 2 N–H and O–H groups in total. The molecule has 1 aliphatic rings. The van der Waals surface area contributed by atoms with E-state index in [1.54, 1.807) is 0 Å². The Morgan fingerprint density at radius 2 is 2.28 bits per heavy atom. The van der Waals surface area contributed by atoms with Crippen molar-refractivity contribution < 1.29 is 18.3 Å². The van der Waals surface area contributed by atoms with Crippen molar-refractivity contribution >= 4 is 5.91 Å². The highest BCUT2D eigenvalue weighted by molar-refractivity contribution is 5.92. The zero-order chi connectivity index (χ0) is 13.0. The van der Waals surface area contributed by atoms with Gasteiger partial charge in [-0.25, -0.2) is 8.78 Å². The largest absolute Gasteiger partial charge is 0.381 e. The number of rotatable bonds is 4. The van der Waals surface area contributed by atoms with E-state index in [0.717, 1.165) is 18.9 Å². The molecule has 0 unspecified atom stereocenters. The molecule has 0 atom stereocenters. The van der Waals surface area contributed by atoms with Crippen LogP contribution in [0.25, 0.3) is 0 Å². The third-order valence-corrected chi connectivity index (χ3v) is 2.96. The summed E-state index contributed by atoms with van der Waals surface area (Å²) < 4.78 is 29.8. The first-order valence-corrected chi connectivity index (χ1v) is 5.86. The molecular formula is C11H15F2N3O2. The molecule has 5 nitrogen and oxygen atoms in total. The number of carbonyl (C=O) groups excluding carboxylic acids is 1. The minimum atomic E-state index is -2.64. The van der Waals surface area contributed by atoms with Gasteiger partial charge in [-0.1, -0.05) is 0 Å². The summed E-state index contributed by atoms with van der Waals surface area (Å²) in [5.74, 6) is -0.0409. The Morgan fingerprint density at radius 3 is 2.89 bits per heavy atom. The lowest BCUT2D eigenvalue weighted by Crippen LogP contribution is -2.32. The number of hydrogen-bond acceptors (Lipinski definition) is 3. The molecule has 18 heavy (non-hydrogen) atoms. The molecule has 0 radical (unpaired) electrons. The van der Waals surface area contributed by atoms with Crippen LogP contribution in [0.5, 0.6) is 0 Å². The van der Waals surface area contributed by atoms with E-state index >= 15 is 0 Å². The molecule has 1 aromatic heterocycles. The van der Waals surface area contributed by atoms with Crippen molar-refractivity contribution in [3.05, 3.63) is 17.5 Å². The summed E-state index contributed by atoms with van der Waals surface area (Å²) in [6, 6.07) is 1.07. The van der Waals surface area contributed by atoms with Crippen molar-refractivity contribution in [1.29, 1.82) is 0 Å². The van der Waals surface area contributed by atoms with Gasteiger partial charge in [0.15, 0.2) is 0 Å². The molecule has 1 fully saturated rings. The fraction of sp³-hybridized carbons (Fsp3) is 0.636. The molecule has 2 heterocycles. The molecule has 1 saturated heterocycles. The first-order chi connectivity index (χ1) is 8.66. The summed E-state index contributed by atoms with van der Waals surface area (Å²) in [6.07, 6.45) is -0.832. The fourth-order valence-corrected chi connectivity index (χ4v) is 1.84. The van der Waals surface area contributed by atoms with E-state index < -0.39 is 12.3 Å². The standard InChI is InChI=1S/C11H15F2N3O2/c12-10(13)8-5-9(16-15-8)11(17)14-6-7-1-3-18-4-2-7/h5,7,10H,1-4,6H2,(H,14,17)(H,15,16). The lowest BCUT2D eigenvalue weighted by molar-refractivity contribution is 0.0642. The van der Waals surface area contributed by atoms with Gasteiger partial charge in [-0.05, 0) is 24.8 Å². The number of aromatic nitrogens is 2. The Morgan fingerprint density at radius 1 is 1.56 bits per heavy atom. The highest BCUT2D eigenvalue weighted by atomic mass is 19.3. The number of carbonyl (C=O) groups is 1. The minimum absolute atomic E-state index is 0.00244. The van der Waals surface area contributed by atoms with Crippen molar-refractivity contribution in [2.24, 2.45) is 5.92 Å². The third kappa shape index (κ3) is 3.25. The number of hydrogen-bond donors (Lipinski definition) is 2. The lowest BCUT2D eigenvalue weighted by atomic mass is 10.0. The summed E-state index contributed by atoms with van der Waals surface area (Å²) in [7, 11) is 0. The maximum absolute atomic E-state index is 12.3. The van der Waals surface area contributed by atoms with Gasteiger partial charge in [-0.3, -0.25) is 9.89 Å². The highest BCUT2D eigenvalue weighted by Crippen LogP contribution is 2.17. The van der Waals surface area contributed by atoms with E-state index in [4.69, 9.17) is 4.74 Å². The van der Waals surface area contributed by atoms with E-state index in [2.05, 4.69) is 15.5 Å². The molecule has 1 aromatic rings. The summed E-state index contributed by atoms with van der Waals surface area (Å²) in [5.41, 5.74) is -0.344. The highest BCUT2D eigenvalue weighted by Gasteiger charge is 2.18. The van der Waals surface area contributed by atoms with Crippen molar-refractivity contribution in [3.63, 3.8) is 0 Å². The van der Waals surface area contributed by atoms with Crippen molar-refractivity contribution in [3.8, 4) is 0 Å². The van der Waals surface area contributed by atoms with Gasteiger partial charge in [0.1, 0.15) is 11.4 Å². The number of alkyl halides is 2. The van der Waals surface area contributed by atoms with Crippen LogP contribution in [0.4, 0.5) is 8.78 Å². The fourth-order valence-electron chi connectivity index (χ4n) is 1.84. The second kappa shape index (κ2) is 5.90. The smallest absolute Gasteiger partial charge is 0.279 e. The molecule has 0 spiro atoms. The maximum Gasteiger partial charge on any atom is 0.279 e. The topological polar surface area (TPSA) is 67.0 Å². The summed E-state index contributed by atoms with van der Waals surface area (Å²) in [6.45, 7) is 1.94. The van der Waals surface area contributed by atoms with Gasteiger partial charge < -0.3 is 10.1 Å². The Bertz CT molecular complexity index is 403. The molecule has 1 amide bonds. The van der Waals surface area contributed by atoms with Crippen LogP contribution in [0.2, 0.25) is 0 Å². The minimum Gasteiger partial charge on any atom is -0.381 e. The van der Waals surface area contributed by atoms with Gasteiger partial charge in [0, 0.05) is 19.8 Å². The molecule has 0 aliphatic carbocycles. The summed E-state index contributed by atoms with van der Waals surface area (Å²) in [5, 5.41) is 8.40. The predicted molar refractivity (Wildman–Crippen MR) is 59.4 cm³/mol. The Labute approximate surface area is 103 Å². The monoisotopic (exact) mass is 259 g/mol. The van der Waals surface area contributed by atoms with Gasteiger partial charge in [0.25, 0.3) is 12.3 Å². The molecule has 0 aromatic carbocycles. The van der Waals surface area contributed by atoms with E-state index in [1.807, 2.05) is 0 Å². The number of halogens is 2. The van der Waals surface area contributed by atoms with Gasteiger partial charge in [0.2, 0.25) is 0 Å². The second-order valence-corrected chi connectivity index (χ2v) is 4.27. The van der Waals surface area contributed by atoms with Crippen LogP contribution in [0.15, 0.2) is 6.07 Å². The lowest BCUT2D eigenvalue weighted by Gasteiger charge is -2.21. The molecule has 2 rings (SSSR count). The Balaban J connectivity index is 1.83. The normalized spacial score (nSPS) is 17.1. The average Bonchev–Trinajstić information content (AvgIpc) is 2.87. The molecule has 7 heteroatoms. The third-order valence-electron chi connectivity index (χ3n) is 2.96. The Kier molecular flexibility index (Phi) is 4.24. The number of amides is 1. The quantitative estimate of drug-likeness (QED) is 0.861. The first-order valence-electron chi connectivity index (χ1n) is 5.86. The average molecular weight is 259 g/mol. The van der Waals surface area contributed by atoms with Crippen molar-refractivity contribution in [2.45, 2.75) is 19.3 Å². The number of H-pyrrole nitrogens is 1. The molecular weight excluding hydrogens is 244 g/mol. The zero-order valence-electron chi connectivity index (χ0n) is 9.79. The summed E-state index contributed by atoms with van der Waals surface area (Å²) >= 11 is 0. The van der Waals surface area contributed by atoms with Crippen LogP contribution in [-0.2, 0) is 4.74 Å². The molecule has 1 aliphatic heterocycles. The number of nitrogens with zero attached hydrogens (tertiary/aromatic N) is 1. The number of ether oxygens (including phenoxy) is 1. The van der Waals surface area contributed by atoms with E-state index in [9.17, 15) is 13.6 Å². The first kappa shape index (κ1) is 12.9. The second-order valence-electron chi connectivity index (χ2n) is 4.27. The van der Waals surface area contributed by atoms with Crippen molar-refractivity contribution in [1.82, 2.24) is 15.5 Å². The van der Waals surface area contributed by atoms with Crippen molar-refractivity contribution in [2.75, 3.05) is 19.8 Å². The maximum atomic E-state index is 12.3. The molecule has 100 valence electrons. The zero-order valence-corrected chi connectivity index (χ0v) is 9.79. The van der Waals surface area contributed by atoms with Crippen LogP contribution in [0.3, 0.4) is 0 Å². The van der Waals surface area contributed by atoms with E-state index in [-0.39, 0.29) is 11.4 Å². The van der Waals surface area contributed by atoms with Gasteiger partial charge in [-0.2, -0.15) is 5.10 Å². The van der Waals surface area contributed by atoms with Crippen LogP contribution < -0.4 is 5.32 Å². The van der Waals surface area contributed by atoms with Crippen LogP contribution in [0, 0.1) is 5.92 Å². The van der Waals surface area contributed by atoms with Crippen LogP contribution in [0.1, 0.15) is 35.4 Å². The van der Waals surface area contributed by atoms with Crippen LogP contribution in [-0.4, -0.2) is 35.9 Å². The van der Waals surface area contributed by atoms with Gasteiger partial charge in [0.05, 0.1) is 0 Å². The number of aromatic amines is 1.